The number of hydrogen-bond donors (Lipinski definition) is 2. The number of aliphatic hydroxyl groups excluding tert-OH is 1. The zero-order valence-corrected chi connectivity index (χ0v) is 14.1. The zero-order valence-electron chi connectivity index (χ0n) is 10.1. The quantitative estimate of drug-likeness (QED) is 0.732. The Morgan fingerprint density at radius 2 is 2.15 bits per heavy atom. The van der Waals surface area contributed by atoms with Gasteiger partial charge in [0.1, 0.15) is 6.61 Å². The molecular formula is C14H9Br2NO2S. The average Bonchev–Trinajstić information content (AvgIpc) is 2.76. The van der Waals surface area contributed by atoms with Crippen LogP contribution in [0.5, 0.6) is 0 Å². The Morgan fingerprint density at radius 3 is 2.80 bits per heavy atom. The molecule has 6 heteroatoms. The molecule has 2 aromatic rings. The van der Waals surface area contributed by atoms with Crippen molar-refractivity contribution in [3.05, 3.63) is 49.0 Å². The second kappa shape index (κ2) is 7.04. The Bertz CT molecular complexity index is 701. The number of rotatable bonds is 2. The molecule has 0 aliphatic rings. The van der Waals surface area contributed by atoms with Crippen LogP contribution in [0.1, 0.15) is 15.9 Å². The number of benzene rings is 1. The summed E-state index contributed by atoms with van der Waals surface area (Å²) < 4.78 is 1.66. The first-order valence-electron chi connectivity index (χ1n) is 5.56. The van der Waals surface area contributed by atoms with Crippen LogP contribution >= 0.6 is 43.2 Å². The van der Waals surface area contributed by atoms with Crippen LogP contribution in [0.25, 0.3) is 0 Å². The van der Waals surface area contributed by atoms with E-state index in [2.05, 4.69) is 49.0 Å². The van der Waals surface area contributed by atoms with Gasteiger partial charge in [-0.3, -0.25) is 4.79 Å². The van der Waals surface area contributed by atoms with Gasteiger partial charge >= 0.3 is 0 Å². The van der Waals surface area contributed by atoms with E-state index in [-0.39, 0.29) is 12.5 Å². The fourth-order valence-electron chi connectivity index (χ4n) is 1.51. The first kappa shape index (κ1) is 15.3. The summed E-state index contributed by atoms with van der Waals surface area (Å²) in [6.07, 6.45) is 0. The molecular weight excluding hydrogens is 406 g/mol. The van der Waals surface area contributed by atoms with Crippen molar-refractivity contribution in [2.45, 2.75) is 0 Å². The molecule has 20 heavy (non-hydrogen) atoms. The van der Waals surface area contributed by atoms with E-state index < -0.39 is 0 Å². The Kier molecular flexibility index (Phi) is 5.38. The molecule has 0 aliphatic carbocycles. The summed E-state index contributed by atoms with van der Waals surface area (Å²) in [5, 5.41) is 11.5. The van der Waals surface area contributed by atoms with Crippen molar-refractivity contribution in [2.24, 2.45) is 0 Å². The maximum absolute atomic E-state index is 12.1. The summed E-state index contributed by atoms with van der Waals surface area (Å²) in [7, 11) is 0. The lowest BCUT2D eigenvalue weighted by Gasteiger charge is -2.04. The van der Waals surface area contributed by atoms with Crippen LogP contribution in [0.15, 0.2) is 37.9 Å². The molecule has 0 atom stereocenters. The van der Waals surface area contributed by atoms with E-state index in [0.717, 1.165) is 13.1 Å². The van der Waals surface area contributed by atoms with Gasteiger partial charge in [-0.2, -0.15) is 0 Å². The molecule has 1 heterocycles. The van der Waals surface area contributed by atoms with Crippen LogP contribution in [0.2, 0.25) is 0 Å². The fraction of sp³-hybridized carbons (Fsp3) is 0.0714. The highest BCUT2D eigenvalue weighted by molar-refractivity contribution is 9.12. The molecule has 0 bridgehead atoms. The van der Waals surface area contributed by atoms with Crippen LogP contribution in [0, 0.1) is 11.8 Å². The second-order valence-corrected chi connectivity index (χ2v) is 7.48. The molecule has 0 spiro atoms. The molecule has 0 saturated heterocycles. The third kappa shape index (κ3) is 3.93. The van der Waals surface area contributed by atoms with Crippen molar-refractivity contribution < 1.29 is 9.90 Å². The minimum atomic E-state index is -0.189. The van der Waals surface area contributed by atoms with Gasteiger partial charge in [0, 0.05) is 11.3 Å². The number of hydrogen-bond acceptors (Lipinski definition) is 3. The number of aliphatic hydroxyl groups is 1. The molecule has 3 nitrogen and oxygen atoms in total. The Morgan fingerprint density at radius 1 is 1.35 bits per heavy atom. The first-order valence-corrected chi connectivity index (χ1v) is 7.96. The van der Waals surface area contributed by atoms with E-state index in [9.17, 15) is 4.79 Å². The normalized spacial score (nSPS) is 9.75. The van der Waals surface area contributed by atoms with Crippen molar-refractivity contribution >= 4 is 54.8 Å². The van der Waals surface area contributed by atoms with Crippen molar-refractivity contribution in [2.75, 3.05) is 11.9 Å². The third-order valence-electron chi connectivity index (χ3n) is 2.33. The Hall–Kier alpha value is -1.13. The molecule has 0 aliphatic heterocycles. The van der Waals surface area contributed by atoms with Crippen molar-refractivity contribution in [3.63, 3.8) is 0 Å². The van der Waals surface area contributed by atoms with E-state index in [1.807, 2.05) is 6.07 Å². The minimum absolute atomic E-state index is 0.188. The molecule has 0 radical (unpaired) electrons. The number of carbonyl (C=O) groups is 1. The molecule has 2 rings (SSSR count). The van der Waals surface area contributed by atoms with Gasteiger partial charge in [-0.05, 0) is 56.1 Å². The van der Waals surface area contributed by atoms with Crippen LogP contribution < -0.4 is 5.32 Å². The summed E-state index contributed by atoms with van der Waals surface area (Å²) in [6.45, 7) is -0.188. The van der Waals surface area contributed by atoms with Crippen molar-refractivity contribution in [1.29, 1.82) is 0 Å². The predicted octanol–water partition coefficient (Wildman–Crippen LogP) is 3.87. The summed E-state index contributed by atoms with van der Waals surface area (Å²) in [6, 6.07) is 8.93. The molecule has 1 amide bonds. The molecule has 0 saturated carbocycles. The molecule has 1 aromatic heterocycles. The van der Waals surface area contributed by atoms with Crippen molar-refractivity contribution in [1.82, 2.24) is 0 Å². The molecule has 2 N–H and O–H groups in total. The van der Waals surface area contributed by atoms with Gasteiger partial charge < -0.3 is 10.4 Å². The highest BCUT2D eigenvalue weighted by Crippen LogP contribution is 2.32. The smallest absolute Gasteiger partial charge is 0.257 e. The SMILES string of the molecule is O=C(Nc1cccc(C#CCO)c1)c1cc(Br)sc1Br. The topological polar surface area (TPSA) is 49.3 Å². The van der Waals surface area contributed by atoms with Gasteiger partial charge in [-0.15, -0.1) is 11.3 Å². The highest BCUT2D eigenvalue weighted by atomic mass is 79.9. The molecule has 1 aromatic carbocycles. The number of amides is 1. The number of carbonyl (C=O) groups excluding carboxylic acids is 1. The molecule has 0 fully saturated rings. The lowest BCUT2D eigenvalue weighted by Crippen LogP contribution is -2.11. The lowest BCUT2D eigenvalue weighted by atomic mass is 10.2. The van der Waals surface area contributed by atoms with E-state index in [1.54, 1.807) is 24.3 Å². The summed E-state index contributed by atoms with van der Waals surface area (Å²) in [4.78, 5) is 12.1. The monoisotopic (exact) mass is 413 g/mol. The Labute approximate surface area is 137 Å². The van der Waals surface area contributed by atoms with Gasteiger partial charge in [0.15, 0.2) is 0 Å². The van der Waals surface area contributed by atoms with Crippen molar-refractivity contribution in [3.8, 4) is 11.8 Å². The van der Waals surface area contributed by atoms with Gasteiger partial charge in [0.2, 0.25) is 0 Å². The molecule has 102 valence electrons. The predicted molar refractivity (Wildman–Crippen MR) is 88.1 cm³/mol. The molecule has 0 unspecified atom stereocenters. The lowest BCUT2D eigenvalue weighted by molar-refractivity contribution is 0.102. The number of thiophene rings is 1. The van der Waals surface area contributed by atoms with Gasteiger partial charge in [-0.25, -0.2) is 0 Å². The van der Waals surface area contributed by atoms with Crippen LogP contribution in [-0.4, -0.2) is 17.6 Å². The average molecular weight is 415 g/mol. The summed E-state index contributed by atoms with van der Waals surface area (Å²) >= 11 is 8.15. The fourth-order valence-corrected chi connectivity index (χ4v) is 4.30. The maximum Gasteiger partial charge on any atom is 0.257 e. The van der Waals surface area contributed by atoms with Crippen LogP contribution in [-0.2, 0) is 0 Å². The van der Waals surface area contributed by atoms with Crippen LogP contribution in [0.3, 0.4) is 0 Å². The van der Waals surface area contributed by atoms with E-state index in [1.165, 1.54) is 11.3 Å². The van der Waals surface area contributed by atoms with Crippen LogP contribution in [0.4, 0.5) is 5.69 Å². The standard InChI is InChI=1S/C14H9Br2NO2S/c15-12-8-11(13(16)20-12)14(19)17-10-5-1-3-9(7-10)4-2-6-18/h1,3,5,7-8,18H,6H2,(H,17,19). The second-order valence-electron chi connectivity index (χ2n) is 3.73. The summed E-state index contributed by atoms with van der Waals surface area (Å²) in [5.74, 6) is 5.18. The minimum Gasteiger partial charge on any atom is -0.384 e. The zero-order chi connectivity index (χ0) is 14.5. The van der Waals surface area contributed by atoms with E-state index in [0.29, 0.717) is 11.3 Å². The van der Waals surface area contributed by atoms with Gasteiger partial charge in [0.25, 0.3) is 5.91 Å². The number of anilines is 1. The maximum atomic E-state index is 12.1. The highest BCUT2D eigenvalue weighted by Gasteiger charge is 2.13. The van der Waals surface area contributed by atoms with Gasteiger partial charge in [0.05, 0.1) is 13.1 Å². The third-order valence-corrected chi connectivity index (χ3v) is 4.67. The van der Waals surface area contributed by atoms with E-state index in [4.69, 9.17) is 5.11 Å². The number of halogens is 2. The first-order chi connectivity index (χ1) is 9.60. The summed E-state index contributed by atoms with van der Waals surface area (Å²) in [5.41, 5.74) is 1.98. The van der Waals surface area contributed by atoms with E-state index >= 15 is 0 Å². The van der Waals surface area contributed by atoms with Gasteiger partial charge in [-0.1, -0.05) is 17.9 Å². The number of nitrogens with one attached hydrogen (secondary N) is 1. The largest absolute Gasteiger partial charge is 0.384 e. The Balaban J connectivity index is 2.17.